The topological polar surface area (TPSA) is 66.6 Å². The maximum absolute atomic E-state index is 12.8. The molecule has 0 aliphatic carbocycles. The summed E-state index contributed by atoms with van der Waals surface area (Å²) >= 11 is 0. The van der Waals surface area contributed by atoms with Gasteiger partial charge in [-0.25, -0.2) is 0 Å². The molecule has 164 valence electrons. The van der Waals surface area contributed by atoms with Crippen molar-refractivity contribution in [1.82, 2.24) is 15.2 Å². The summed E-state index contributed by atoms with van der Waals surface area (Å²) in [5.74, 6) is 2.22. The lowest BCUT2D eigenvalue weighted by atomic mass is 9.88. The van der Waals surface area contributed by atoms with Crippen molar-refractivity contribution in [3.63, 3.8) is 0 Å². The third-order valence-corrected chi connectivity index (χ3v) is 6.46. The number of hydrogen-bond donors (Lipinski definition) is 2. The van der Waals surface area contributed by atoms with Crippen LogP contribution in [0.25, 0.3) is 10.9 Å². The van der Waals surface area contributed by atoms with Gasteiger partial charge in [-0.15, -0.1) is 0 Å². The van der Waals surface area contributed by atoms with Crippen molar-refractivity contribution >= 4 is 16.8 Å². The monoisotopic (exact) mass is 421 g/mol. The second kappa shape index (κ2) is 9.43. The molecule has 6 heteroatoms. The molecule has 1 aliphatic heterocycles. The Morgan fingerprint density at radius 1 is 1.16 bits per heavy atom. The minimum absolute atomic E-state index is 0.0567. The highest BCUT2D eigenvalue weighted by molar-refractivity contribution is 5.85. The van der Waals surface area contributed by atoms with E-state index in [0.717, 1.165) is 48.5 Å². The van der Waals surface area contributed by atoms with Crippen molar-refractivity contribution in [2.75, 3.05) is 27.3 Å². The van der Waals surface area contributed by atoms with E-state index in [1.54, 1.807) is 14.2 Å². The van der Waals surface area contributed by atoms with Gasteiger partial charge in [-0.1, -0.05) is 18.2 Å². The molecular formula is C25H31N3O3. The predicted octanol–water partition coefficient (Wildman–Crippen LogP) is 4.07. The first-order valence-corrected chi connectivity index (χ1v) is 10.9. The summed E-state index contributed by atoms with van der Waals surface area (Å²) in [6, 6.07) is 13.8. The van der Waals surface area contributed by atoms with Crippen LogP contribution in [0.15, 0.2) is 48.7 Å². The summed E-state index contributed by atoms with van der Waals surface area (Å²) in [5, 5.41) is 4.30. The highest BCUT2D eigenvalue weighted by atomic mass is 16.5. The van der Waals surface area contributed by atoms with E-state index in [9.17, 15) is 4.79 Å². The number of H-pyrrole nitrogens is 1. The van der Waals surface area contributed by atoms with Crippen molar-refractivity contribution < 1.29 is 14.3 Å². The normalized spacial score (nSPS) is 16.2. The van der Waals surface area contributed by atoms with Crippen molar-refractivity contribution in [2.24, 2.45) is 0 Å². The van der Waals surface area contributed by atoms with Crippen LogP contribution in [-0.2, 0) is 11.3 Å². The molecule has 0 spiro atoms. The number of carbonyl (C=O) groups is 1. The summed E-state index contributed by atoms with van der Waals surface area (Å²) < 4.78 is 10.8. The molecule has 1 aromatic heterocycles. The molecule has 2 heterocycles. The van der Waals surface area contributed by atoms with Crippen molar-refractivity contribution in [3.05, 3.63) is 59.8 Å². The number of methoxy groups -OCH3 is 2. The van der Waals surface area contributed by atoms with Crippen LogP contribution in [0.1, 0.15) is 36.8 Å². The zero-order valence-electron chi connectivity index (χ0n) is 18.5. The number of piperidine rings is 1. The van der Waals surface area contributed by atoms with Gasteiger partial charge >= 0.3 is 0 Å². The van der Waals surface area contributed by atoms with E-state index in [4.69, 9.17) is 9.47 Å². The molecule has 4 rings (SSSR count). The minimum Gasteiger partial charge on any atom is -0.497 e. The number of ether oxygens (including phenoxy) is 2. The summed E-state index contributed by atoms with van der Waals surface area (Å²) in [6.07, 6.45) is 4.20. The van der Waals surface area contributed by atoms with Gasteiger partial charge in [0.2, 0.25) is 5.91 Å². The SMILES string of the molecule is COc1ccc2[nH]cc(C3CCN(C(C)C(=O)NCc4ccccc4OC)CC3)c2c1. The Morgan fingerprint density at radius 2 is 1.94 bits per heavy atom. The summed E-state index contributed by atoms with van der Waals surface area (Å²) in [4.78, 5) is 18.4. The highest BCUT2D eigenvalue weighted by Crippen LogP contribution is 2.35. The summed E-state index contributed by atoms with van der Waals surface area (Å²) in [7, 11) is 3.35. The van der Waals surface area contributed by atoms with Gasteiger partial charge in [-0.05, 0) is 68.6 Å². The second-order valence-electron chi connectivity index (χ2n) is 8.17. The molecular weight excluding hydrogens is 390 g/mol. The van der Waals surface area contributed by atoms with Crippen LogP contribution in [0, 0.1) is 0 Å². The summed E-state index contributed by atoms with van der Waals surface area (Å²) in [6.45, 7) is 4.28. The number of nitrogens with one attached hydrogen (secondary N) is 2. The molecule has 0 saturated carbocycles. The first kappa shape index (κ1) is 21.2. The van der Waals surface area contributed by atoms with E-state index < -0.39 is 0 Å². The van der Waals surface area contributed by atoms with Gasteiger partial charge in [0.25, 0.3) is 0 Å². The maximum Gasteiger partial charge on any atom is 0.237 e. The molecule has 2 N–H and O–H groups in total. The average molecular weight is 422 g/mol. The first-order chi connectivity index (χ1) is 15.1. The van der Waals surface area contributed by atoms with Gasteiger partial charge in [0.05, 0.1) is 20.3 Å². The van der Waals surface area contributed by atoms with E-state index in [0.29, 0.717) is 12.5 Å². The standard InChI is InChI=1S/C25H31N3O3/c1-17(25(29)27-15-19-6-4-5-7-24(19)31-3)28-12-10-18(11-13-28)22-16-26-23-9-8-20(30-2)14-21(22)23/h4-9,14,16-18,26H,10-13,15H2,1-3H3,(H,27,29). The van der Waals surface area contributed by atoms with Crippen LogP contribution < -0.4 is 14.8 Å². The van der Waals surface area contributed by atoms with Crippen LogP contribution in [-0.4, -0.2) is 49.1 Å². The number of aromatic nitrogens is 1. The van der Waals surface area contributed by atoms with Crippen LogP contribution in [0.2, 0.25) is 0 Å². The number of amides is 1. The van der Waals surface area contributed by atoms with Crippen molar-refractivity contribution in [2.45, 2.75) is 38.3 Å². The van der Waals surface area contributed by atoms with Gasteiger partial charge < -0.3 is 19.8 Å². The Labute approximate surface area is 183 Å². The second-order valence-corrected chi connectivity index (χ2v) is 8.17. The van der Waals surface area contributed by atoms with Crippen molar-refractivity contribution in [3.8, 4) is 11.5 Å². The molecule has 0 bridgehead atoms. The molecule has 1 unspecified atom stereocenters. The third kappa shape index (κ3) is 4.54. The number of benzene rings is 2. The number of fused-ring (bicyclic) bond motifs is 1. The Bertz CT molecular complexity index is 1040. The zero-order valence-corrected chi connectivity index (χ0v) is 18.5. The lowest BCUT2D eigenvalue weighted by Crippen LogP contribution is -2.47. The van der Waals surface area contributed by atoms with Gasteiger partial charge in [0.15, 0.2) is 0 Å². The van der Waals surface area contributed by atoms with Gasteiger partial charge in [0, 0.05) is 29.2 Å². The Morgan fingerprint density at radius 3 is 2.68 bits per heavy atom. The molecule has 6 nitrogen and oxygen atoms in total. The lowest BCUT2D eigenvalue weighted by molar-refractivity contribution is -0.126. The number of carbonyl (C=O) groups excluding carboxylic acids is 1. The molecule has 2 aromatic carbocycles. The van der Waals surface area contributed by atoms with Gasteiger partial charge in [-0.2, -0.15) is 0 Å². The molecule has 1 fully saturated rings. The van der Waals surface area contributed by atoms with Crippen molar-refractivity contribution in [1.29, 1.82) is 0 Å². The molecule has 1 saturated heterocycles. The number of nitrogens with zero attached hydrogens (tertiary/aromatic N) is 1. The van der Waals surface area contributed by atoms with Crippen LogP contribution in [0.5, 0.6) is 11.5 Å². The molecule has 0 radical (unpaired) electrons. The minimum atomic E-state index is -0.154. The molecule has 31 heavy (non-hydrogen) atoms. The zero-order chi connectivity index (χ0) is 21.8. The molecule has 3 aromatic rings. The number of likely N-dealkylation sites (tertiary alicyclic amines) is 1. The van der Waals surface area contributed by atoms with E-state index in [1.165, 1.54) is 10.9 Å². The quantitative estimate of drug-likeness (QED) is 0.604. The Balaban J connectivity index is 1.34. The fraction of sp³-hybridized carbons (Fsp3) is 0.400. The van der Waals surface area contributed by atoms with Crippen LogP contribution >= 0.6 is 0 Å². The fourth-order valence-corrected chi connectivity index (χ4v) is 4.53. The first-order valence-electron chi connectivity index (χ1n) is 10.9. The van der Waals surface area contributed by atoms with E-state index in [2.05, 4.69) is 33.5 Å². The maximum atomic E-state index is 12.8. The third-order valence-electron chi connectivity index (χ3n) is 6.46. The average Bonchev–Trinajstić information content (AvgIpc) is 3.25. The van der Waals surface area contributed by atoms with Crippen LogP contribution in [0.4, 0.5) is 0 Å². The molecule has 1 atom stereocenters. The molecule has 1 aliphatic rings. The summed E-state index contributed by atoms with van der Waals surface area (Å²) in [5.41, 5.74) is 3.48. The van der Waals surface area contributed by atoms with Gasteiger partial charge in [-0.3, -0.25) is 9.69 Å². The largest absolute Gasteiger partial charge is 0.497 e. The number of rotatable bonds is 7. The lowest BCUT2D eigenvalue weighted by Gasteiger charge is -2.35. The van der Waals surface area contributed by atoms with E-state index in [-0.39, 0.29) is 11.9 Å². The highest BCUT2D eigenvalue weighted by Gasteiger charge is 2.28. The Hall–Kier alpha value is -2.99. The fourth-order valence-electron chi connectivity index (χ4n) is 4.53. The molecule has 1 amide bonds. The predicted molar refractivity (Wildman–Crippen MR) is 123 cm³/mol. The van der Waals surface area contributed by atoms with Crippen LogP contribution in [0.3, 0.4) is 0 Å². The number of para-hydroxylation sites is 1. The van der Waals surface area contributed by atoms with E-state index >= 15 is 0 Å². The van der Waals surface area contributed by atoms with E-state index in [1.807, 2.05) is 37.3 Å². The number of hydrogen-bond acceptors (Lipinski definition) is 4. The van der Waals surface area contributed by atoms with Gasteiger partial charge in [0.1, 0.15) is 11.5 Å². The smallest absolute Gasteiger partial charge is 0.237 e. The Kier molecular flexibility index (Phi) is 6.47. The number of aromatic amines is 1.